The van der Waals surface area contributed by atoms with Crippen LogP contribution in [0, 0.1) is 5.92 Å². The van der Waals surface area contributed by atoms with E-state index in [4.69, 9.17) is 4.74 Å². The molecular formula is C15H30N2O2. The van der Waals surface area contributed by atoms with Gasteiger partial charge in [-0.2, -0.15) is 0 Å². The SMILES string of the molecule is CNC1(CO)CCCC1CCN1CCOC(C)(C)C1. The monoisotopic (exact) mass is 270 g/mol. The highest BCUT2D eigenvalue weighted by Gasteiger charge is 2.41. The molecule has 0 bridgehead atoms. The Morgan fingerprint density at radius 1 is 1.42 bits per heavy atom. The van der Waals surface area contributed by atoms with E-state index in [1.54, 1.807) is 0 Å². The van der Waals surface area contributed by atoms with Crippen molar-refractivity contribution in [1.82, 2.24) is 10.2 Å². The topological polar surface area (TPSA) is 44.7 Å². The summed E-state index contributed by atoms with van der Waals surface area (Å²) >= 11 is 0. The van der Waals surface area contributed by atoms with Gasteiger partial charge in [0.05, 0.1) is 18.8 Å². The maximum absolute atomic E-state index is 9.71. The summed E-state index contributed by atoms with van der Waals surface area (Å²) in [6.07, 6.45) is 4.77. The number of likely N-dealkylation sites (N-methyl/N-ethyl adjacent to an activating group) is 1. The van der Waals surface area contributed by atoms with Gasteiger partial charge in [0.25, 0.3) is 0 Å². The van der Waals surface area contributed by atoms with Crippen LogP contribution in [-0.4, -0.2) is 61.0 Å². The Morgan fingerprint density at radius 3 is 2.84 bits per heavy atom. The Morgan fingerprint density at radius 2 is 2.21 bits per heavy atom. The number of morpholine rings is 1. The Labute approximate surface area is 117 Å². The van der Waals surface area contributed by atoms with Gasteiger partial charge in [0.2, 0.25) is 0 Å². The van der Waals surface area contributed by atoms with Crippen LogP contribution in [0.25, 0.3) is 0 Å². The first-order valence-corrected chi connectivity index (χ1v) is 7.67. The lowest BCUT2D eigenvalue weighted by Gasteiger charge is -2.40. The van der Waals surface area contributed by atoms with Crippen LogP contribution in [0.4, 0.5) is 0 Å². The fourth-order valence-electron chi connectivity index (χ4n) is 3.82. The molecule has 2 rings (SSSR count). The number of aliphatic hydroxyl groups is 1. The molecule has 1 saturated heterocycles. The summed E-state index contributed by atoms with van der Waals surface area (Å²) in [5, 5.41) is 13.1. The molecule has 4 nitrogen and oxygen atoms in total. The third kappa shape index (κ3) is 3.48. The number of hydrogen-bond acceptors (Lipinski definition) is 4. The predicted octanol–water partition coefficient (Wildman–Crippen LogP) is 1.24. The van der Waals surface area contributed by atoms with E-state index in [0.29, 0.717) is 5.92 Å². The molecule has 0 amide bonds. The summed E-state index contributed by atoms with van der Waals surface area (Å²) in [7, 11) is 1.99. The zero-order valence-corrected chi connectivity index (χ0v) is 12.7. The minimum absolute atomic E-state index is 0.00893. The average molecular weight is 270 g/mol. The zero-order chi connectivity index (χ0) is 13.9. The van der Waals surface area contributed by atoms with Gasteiger partial charge in [-0.1, -0.05) is 6.42 Å². The molecule has 1 saturated carbocycles. The minimum Gasteiger partial charge on any atom is -0.394 e. The van der Waals surface area contributed by atoms with E-state index in [1.807, 2.05) is 7.05 Å². The zero-order valence-electron chi connectivity index (χ0n) is 12.7. The maximum Gasteiger partial charge on any atom is 0.0753 e. The van der Waals surface area contributed by atoms with Gasteiger partial charge in [-0.25, -0.2) is 0 Å². The third-order valence-corrected chi connectivity index (χ3v) is 5.04. The number of nitrogens with zero attached hydrogens (tertiary/aromatic N) is 1. The number of ether oxygens (including phenoxy) is 1. The van der Waals surface area contributed by atoms with Crippen LogP contribution >= 0.6 is 0 Å². The number of aliphatic hydroxyl groups excluding tert-OH is 1. The van der Waals surface area contributed by atoms with E-state index in [1.165, 1.54) is 19.3 Å². The largest absolute Gasteiger partial charge is 0.394 e. The van der Waals surface area contributed by atoms with Crippen LogP contribution < -0.4 is 5.32 Å². The Hall–Kier alpha value is -0.160. The molecule has 1 heterocycles. The summed E-state index contributed by atoms with van der Waals surface area (Å²) in [4.78, 5) is 2.51. The highest BCUT2D eigenvalue weighted by atomic mass is 16.5. The molecule has 1 aliphatic heterocycles. The smallest absolute Gasteiger partial charge is 0.0753 e. The van der Waals surface area contributed by atoms with E-state index < -0.39 is 0 Å². The van der Waals surface area contributed by atoms with Gasteiger partial charge in [0.15, 0.2) is 0 Å². The van der Waals surface area contributed by atoms with Crippen LogP contribution in [0.15, 0.2) is 0 Å². The highest BCUT2D eigenvalue weighted by Crippen LogP contribution is 2.37. The Balaban J connectivity index is 1.85. The molecule has 0 aromatic rings. The first-order valence-electron chi connectivity index (χ1n) is 7.67. The summed E-state index contributed by atoms with van der Waals surface area (Å²) in [5.74, 6) is 0.605. The fraction of sp³-hybridized carbons (Fsp3) is 1.00. The predicted molar refractivity (Wildman–Crippen MR) is 77.3 cm³/mol. The quantitative estimate of drug-likeness (QED) is 0.789. The second kappa shape index (κ2) is 6.08. The van der Waals surface area contributed by atoms with E-state index >= 15 is 0 Å². The molecule has 2 atom stereocenters. The molecule has 2 N–H and O–H groups in total. The summed E-state index contributed by atoms with van der Waals surface area (Å²) < 4.78 is 5.76. The van der Waals surface area contributed by atoms with E-state index in [2.05, 4.69) is 24.1 Å². The molecule has 19 heavy (non-hydrogen) atoms. The van der Waals surface area contributed by atoms with Crippen molar-refractivity contribution in [2.24, 2.45) is 5.92 Å². The second-order valence-electron chi connectivity index (χ2n) is 6.83. The third-order valence-electron chi connectivity index (χ3n) is 5.04. The van der Waals surface area contributed by atoms with Gasteiger partial charge in [-0.05, 0) is 52.6 Å². The van der Waals surface area contributed by atoms with Gasteiger partial charge in [-0.15, -0.1) is 0 Å². The van der Waals surface area contributed by atoms with Crippen molar-refractivity contribution in [3.63, 3.8) is 0 Å². The summed E-state index contributed by atoms with van der Waals surface area (Å²) in [5.41, 5.74) is -0.0349. The molecule has 112 valence electrons. The van der Waals surface area contributed by atoms with Gasteiger partial charge in [0, 0.05) is 18.6 Å². The van der Waals surface area contributed by atoms with Gasteiger partial charge < -0.3 is 15.2 Å². The lowest BCUT2D eigenvalue weighted by atomic mass is 9.85. The van der Waals surface area contributed by atoms with Crippen molar-refractivity contribution in [1.29, 1.82) is 0 Å². The first kappa shape index (κ1) is 15.2. The van der Waals surface area contributed by atoms with E-state index in [0.717, 1.165) is 32.7 Å². The molecule has 2 unspecified atom stereocenters. The van der Waals surface area contributed by atoms with E-state index in [-0.39, 0.29) is 17.7 Å². The highest BCUT2D eigenvalue weighted by molar-refractivity contribution is 4.98. The minimum atomic E-state index is -0.0260. The molecule has 0 aromatic carbocycles. The average Bonchev–Trinajstić information content (AvgIpc) is 2.78. The van der Waals surface area contributed by atoms with Crippen molar-refractivity contribution in [3.8, 4) is 0 Å². The Kier molecular flexibility index (Phi) is 4.88. The maximum atomic E-state index is 9.71. The van der Waals surface area contributed by atoms with Crippen molar-refractivity contribution in [2.45, 2.75) is 50.7 Å². The van der Waals surface area contributed by atoms with Crippen LogP contribution in [0.5, 0.6) is 0 Å². The van der Waals surface area contributed by atoms with Crippen molar-refractivity contribution >= 4 is 0 Å². The van der Waals surface area contributed by atoms with Gasteiger partial charge in [-0.3, -0.25) is 4.90 Å². The van der Waals surface area contributed by atoms with Crippen LogP contribution in [0.1, 0.15) is 39.5 Å². The normalized spacial score (nSPS) is 35.7. The molecule has 1 aliphatic carbocycles. The Bertz CT molecular complexity index is 290. The molecular weight excluding hydrogens is 240 g/mol. The summed E-state index contributed by atoms with van der Waals surface area (Å²) in [6, 6.07) is 0. The lowest BCUT2D eigenvalue weighted by molar-refractivity contribution is -0.0873. The molecule has 2 aliphatic rings. The van der Waals surface area contributed by atoms with Crippen LogP contribution in [-0.2, 0) is 4.74 Å². The van der Waals surface area contributed by atoms with Crippen LogP contribution in [0.2, 0.25) is 0 Å². The van der Waals surface area contributed by atoms with Gasteiger partial charge in [0.1, 0.15) is 0 Å². The fourth-order valence-corrected chi connectivity index (χ4v) is 3.82. The van der Waals surface area contributed by atoms with Gasteiger partial charge >= 0.3 is 0 Å². The number of nitrogens with one attached hydrogen (secondary N) is 1. The molecule has 2 fully saturated rings. The number of hydrogen-bond donors (Lipinski definition) is 2. The molecule has 0 radical (unpaired) electrons. The molecule has 4 heteroatoms. The van der Waals surface area contributed by atoms with Crippen LogP contribution in [0.3, 0.4) is 0 Å². The van der Waals surface area contributed by atoms with Crippen molar-refractivity contribution in [3.05, 3.63) is 0 Å². The molecule has 0 aromatic heterocycles. The van der Waals surface area contributed by atoms with Crippen molar-refractivity contribution < 1.29 is 9.84 Å². The lowest BCUT2D eigenvalue weighted by Crippen LogP contribution is -2.52. The van der Waals surface area contributed by atoms with Crippen molar-refractivity contribution in [2.75, 3.05) is 39.9 Å². The summed E-state index contributed by atoms with van der Waals surface area (Å²) in [6.45, 7) is 8.63. The first-order chi connectivity index (χ1) is 9.01. The standard InChI is InChI=1S/C15H30N2O2/c1-14(2)11-17(9-10-19-14)8-6-13-5-4-7-15(13,12-18)16-3/h13,16,18H,4-12H2,1-3H3. The van der Waals surface area contributed by atoms with E-state index in [9.17, 15) is 5.11 Å². The second-order valence-corrected chi connectivity index (χ2v) is 6.83. The molecule has 0 spiro atoms. The number of rotatable bonds is 5.